The molecule has 0 aromatic carbocycles. The van der Waals surface area contributed by atoms with Crippen molar-refractivity contribution in [3.05, 3.63) is 0 Å². The van der Waals surface area contributed by atoms with Crippen LogP contribution in [-0.2, 0) is 28.6 Å². The first-order chi connectivity index (χ1) is 30.3. The van der Waals surface area contributed by atoms with E-state index < -0.39 is 6.10 Å². The topological polar surface area (TPSA) is 78.9 Å². The molecule has 1 unspecified atom stereocenters. The fourth-order valence-corrected chi connectivity index (χ4v) is 8.49. The molecule has 0 bridgehead atoms. The van der Waals surface area contributed by atoms with Gasteiger partial charge >= 0.3 is 17.9 Å². The molecule has 6 nitrogen and oxygen atoms in total. The molecule has 0 aromatic heterocycles. The lowest BCUT2D eigenvalue weighted by molar-refractivity contribution is -0.167. The van der Waals surface area contributed by atoms with E-state index in [0.717, 1.165) is 69.6 Å². The van der Waals surface area contributed by atoms with Crippen LogP contribution in [0.1, 0.15) is 311 Å². The lowest BCUT2D eigenvalue weighted by atomic mass is 10.00. The van der Waals surface area contributed by atoms with Crippen molar-refractivity contribution in [2.45, 2.75) is 317 Å². The van der Waals surface area contributed by atoms with Crippen molar-refractivity contribution in [2.75, 3.05) is 13.2 Å². The van der Waals surface area contributed by atoms with E-state index >= 15 is 0 Å². The van der Waals surface area contributed by atoms with Gasteiger partial charge in [-0.25, -0.2) is 0 Å². The van der Waals surface area contributed by atoms with Crippen molar-refractivity contribution < 1.29 is 28.6 Å². The largest absolute Gasteiger partial charge is 0.462 e. The van der Waals surface area contributed by atoms with Crippen molar-refractivity contribution in [2.24, 2.45) is 11.8 Å². The van der Waals surface area contributed by atoms with Crippen LogP contribution in [0.5, 0.6) is 0 Å². The molecule has 0 heterocycles. The van der Waals surface area contributed by atoms with Gasteiger partial charge in [0.2, 0.25) is 0 Å². The van der Waals surface area contributed by atoms with E-state index in [9.17, 15) is 14.4 Å². The number of ether oxygens (including phenoxy) is 3. The van der Waals surface area contributed by atoms with Gasteiger partial charge in [-0.3, -0.25) is 14.4 Å². The molecule has 0 amide bonds. The third kappa shape index (κ3) is 47.9. The number of rotatable bonds is 50. The number of unbranched alkanes of at least 4 members (excludes halogenated alkanes) is 34. The third-order valence-corrected chi connectivity index (χ3v) is 13.1. The van der Waals surface area contributed by atoms with Crippen LogP contribution in [-0.4, -0.2) is 37.2 Å². The Hall–Kier alpha value is -1.59. The van der Waals surface area contributed by atoms with Gasteiger partial charge in [-0.15, -0.1) is 0 Å². The average molecular weight is 877 g/mol. The number of carbonyl (C=O) groups is 3. The van der Waals surface area contributed by atoms with E-state index in [2.05, 4.69) is 34.6 Å². The molecule has 0 N–H and O–H groups in total. The van der Waals surface area contributed by atoms with Crippen LogP contribution in [0.3, 0.4) is 0 Å². The summed E-state index contributed by atoms with van der Waals surface area (Å²) in [5.74, 6) is 0.817. The molecule has 0 saturated carbocycles. The average Bonchev–Trinajstić information content (AvgIpc) is 3.26. The first kappa shape index (κ1) is 60.4. The summed E-state index contributed by atoms with van der Waals surface area (Å²) in [6, 6.07) is 0. The molecule has 0 aliphatic rings. The molecular weight excluding hydrogens is 769 g/mol. The monoisotopic (exact) mass is 877 g/mol. The number of carbonyl (C=O) groups excluding carboxylic acids is 3. The van der Waals surface area contributed by atoms with Gasteiger partial charge in [0.1, 0.15) is 13.2 Å². The van der Waals surface area contributed by atoms with Crippen molar-refractivity contribution in [1.29, 1.82) is 0 Å². The van der Waals surface area contributed by atoms with Crippen LogP contribution in [0.15, 0.2) is 0 Å². The van der Waals surface area contributed by atoms with E-state index in [1.165, 1.54) is 199 Å². The number of esters is 3. The highest BCUT2D eigenvalue weighted by atomic mass is 16.6. The zero-order chi connectivity index (χ0) is 45.4. The smallest absolute Gasteiger partial charge is 0.306 e. The Bertz CT molecular complexity index is 949. The Morgan fingerprint density at radius 1 is 0.339 bits per heavy atom. The SMILES string of the molecule is CCCCCCCCCCCCCCCCCCC(=O)O[C@H](COC(=O)CCCCCCCCCCCCCCCCCC(C)C)COC(=O)CCCCCCCCC(C)CC. The normalized spacial score (nSPS) is 12.5. The molecule has 0 saturated heterocycles. The quantitative estimate of drug-likeness (QED) is 0.0344. The van der Waals surface area contributed by atoms with Gasteiger partial charge in [-0.1, -0.05) is 272 Å². The third-order valence-electron chi connectivity index (χ3n) is 13.1. The maximum absolute atomic E-state index is 12.8. The molecule has 368 valence electrons. The lowest BCUT2D eigenvalue weighted by Gasteiger charge is -2.18. The van der Waals surface area contributed by atoms with E-state index in [4.69, 9.17) is 14.2 Å². The van der Waals surface area contributed by atoms with Gasteiger partial charge in [0.05, 0.1) is 0 Å². The van der Waals surface area contributed by atoms with E-state index in [1.807, 2.05) is 0 Å². The fourth-order valence-electron chi connectivity index (χ4n) is 8.49. The summed E-state index contributed by atoms with van der Waals surface area (Å²) in [5.41, 5.74) is 0. The van der Waals surface area contributed by atoms with Gasteiger partial charge < -0.3 is 14.2 Å². The second-order valence-corrected chi connectivity index (χ2v) is 19.9. The molecule has 0 aliphatic heterocycles. The minimum atomic E-state index is -0.762. The van der Waals surface area contributed by atoms with E-state index in [1.54, 1.807) is 0 Å². The summed E-state index contributed by atoms with van der Waals surface area (Å²) < 4.78 is 16.8. The van der Waals surface area contributed by atoms with Crippen molar-refractivity contribution in [1.82, 2.24) is 0 Å². The maximum atomic E-state index is 12.8. The molecule has 2 atom stereocenters. The predicted octanol–water partition coefficient (Wildman–Crippen LogP) is 18.1. The molecule has 0 aliphatic carbocycles. The number of hydrogen-bond donors (Lipinski definition) is 0. The summed E-state index contributed by atoms with van der Waals surface area (Å²) in [5, 5.41) is 0. The molecule has 6 heteroatoms. The Balaban J connectivity index is 4.26. The van der Waals surface area contributed by atoms with Crippen LogP contribution in [0.25, 0.3) is 0 Å². The molecule has 0 rings (SSSR count). The van der Waals surface area contributed by atoms with E-state index in [-0.39, 0.29) is 31.1 Å². The minimum Gasteiger partial charge on any atom is -0.462 e. The summed E-state index contributed by atoms with van der Waals surface area (Å²) in [6.45, 7) is 11.4. The van der Waals surface area contributed by atoms with Gasteiger partial charge in [0, 0.05) is 19.3 Å². The second kappa shape index (κ2) is 48.9. The predicted molar refractivity (Wildman–Crippen MR) is 266 cm³/mol. The van der Waals surface area contributed by atoms with Crippen molar-refractivity contribution in [3.63, 3.8) is 0 Å². The molecule has 0 fully saturated rings. The zero-order valence-electron chi connectivity index (χ0n) is 42.5. The minimum absolute atomic E-state index is 0.0637. The van der Waals surface area contributed by atoms with Gasteiger partial charge in [0.25, 0.3) is 0 Å². The van der Waals surface area contributed by atoms with Crippen molar-refractivity contribution in [3.8, 4) is 0 Å². The Morgan fingerprint density at radius 3 is 0.919 bits per heavy atom. The summed E-state index contributed by atoms with van der Waals surface area (Å²) in [6.07, 6.45) is 50.9. The van der Waals surface area contributed by atoms with Crippen LogP contribution in [0, 0.1) is 11.8 Å². The van der Waals surface area contributed by atoms with Crippen molar-refractivity contribution >= 4 is 17.9 Å². The standard InChI is InChI=1S/C56H108O6/c1-6-8-9-10-11-12-13-14-15-18-22-25-28-31-38-43-48-56(59)62-53(50-61-55(58)47-42-37-33-32-35-40-45-52(5)7-2)49-60-54(57)46-41-36-30-27-24-21-19-16-17-20-23-26-29-34-39-44-51(3)4/h51-53H,6-50H2,1-5H3/t52?,53-/m1/s1. The summed E-state index contributed by atoms with van der Waals surface area (Å²) >= 11 is 0. The Morgan fingerprint density at radius 2 is 0.613 bits per heavy atom. The Kier molecular flexibility index (Phi) is 47.6. The molecule has 0 spiro atoms. The van der Waals surface area contributed by atoms with Gasteiger partial charge in [-0.2, -0.15) is 0 Å². The first-order valence-corrected chi connectivity index (χ1v) is 27.8. The molecule has 62 heavy (non-hydrogen) atoms. The second-order valence-electron chi connectivity index (χ2n) is 19.9. The highest BCUT2D eigenvalue weighted by Crippen LogP contribution is 2.18. The first-order valence-electron chi connectivity index (χ1n) is 27.8. The van der Waals surface area contributed by atoms with Crippen LogP contribution in [0.2, 0.25) is 0 Å². The fraction of sp³-hybridized carbons (Fsp3) is 0.946. The summed E-state index contributed by atoms with van der Waals surface area (Å²) in [7, 11) is 0. The highest BCUT2D eigenvalue weighted by molar-refractivity contribution is 5.71. The van der Waals surface area contributed by atoms with Crippen LogP contribution in [0.4, 0.5) is 0 Å². The van der Waals surface area contributed by atoms with E-state index in [0.29, 0.717) is 19.3 Å². The molecule has 0 aromatic rings. The number of hydrogen-bond acceptors (Lipinski definition) is 6. The molecule has 0 radical (unpaired) electrons. The van der Waals surface area contributed by atoms with Crippen LogP contribution < -0.4 is 0 Å². The lowest BCUT2D eigenvalue weighted by Crippen LogP contribution is -2.30. The van der Waals surface area contributed by atoms with Gasteiger partial charge in [0.15, 0.2) is 6.10 Å². The van der Waals surface area contributed by atoms with Gasteiger partial charge in [-0.05, 0) is 31.1 Å². The van der Waals surface area contributed by atoms with Crippen LogP contribution >= 0.6 is 0 Å². The maximum Gasteiger partial charge on any atom is 0.306 e. The highest BCUT2D eigenvalue weighted by Gasteiger charge is 2.19. The molecular formula is C56H108O6. The Labute approximate surface area is 387 Å². The summed E-state index contributed by atoms with van der Waals surface area (Å²) in [4.78, 5) is 38.0. The zero-order valence-corrected chi connectivity index (χ0v) is 42.5.